The minimum atomic E-state index is -0.445. The molecule has 0 unspecified atom stereocenters. The monoisotopic (exact) mass is 575 g/mol. The van der Waals surface area contributed by atoms with Crippen molar-refractivity contribution in [2.45, 2.75) is 12.8 Å². The van der Waals surface area contributed by atoms with Gasteiger partial charge in [0.1, 0.15) is 6.61 Å². The Hall–Kier alpha value is -2.57. The first-order chi connectivity index (χ1) is 20.3. The van der Waals surface area contributed by atoms with Crippen molar-refractivity contribution in [3.05, 3.63) is 59.7 Å². The van der Waals surface area contributed by atoms with Gasteiger partial charge in [0.25, 0.3) is 0 Å². The van der Waals surface area contributed by atoms with E-state index in [1.807, 2.05) is 31.2 Å². The molecule has 1 amide bonds. The van der Waals surface area contributed by atoms with E-state index >= 15 is 0 Å². The maximum absolute atomic E-state index is 12.2. The molecule has 0 spiro atoms. The number of ether oxygens (including phenoxy) is 8. The molecule has 0 radical (unpaired) electrons. The van der Waals surface area contributed by atoms with Gasteiger partial charge in [-0.05, 0) is 29.2 Å². The van der Waals surface area contributed by atoms with Gasteiger partial charge in [-0.1, -0.05) is 48.5 Å². The number of hydrogen-bond donors (Lipinski definition) is 1. The van der Waals surface area contributed by atoms with Crippen LogP contribution in [0.1, 0.15) is 24.0 Å². The predicted molar refractivity (Wildman–Crippen MR) is 154 cm³/mol. The van der Waals surface area contributed by atoms with Crippen LogP contribution in [0.3, 0.4) is 0 Å². The van der Waals surface area contributed by atoms with E-state index in [1.165, 1.54) is 22.3 Å². The molecule has 41 heavy (non-hydrogen) atoms. The highest BCUT2D eigenvalue weighted by Gasteiger charge is 2.28. The molecule has 1 aliphatic carbocycles. The van der Waals surface area contributed by atoms with Crippen molar-refractivity contribution in [2.24, 2.45) is 0 Å². The zero-order chi connectivity index (χ0) is 28.8. The quantitative estimate of drug-likeness (QED) is 0.188. The van der Waals surface area contributed by atoms with Gasteiger partial charge in [0.15, 0.2) is 0 Å². The lowest BCUT2D eigenvalue weighted by Gasteiger charge is -2.14. The molecule has 2 aromatic rings. The van der Waals surface area contributed by atoms with Crippen molar-refractivity contribution in [3.8, 4) is 11.1 Å². The molecular formula is C31H45NO9. The molecule has 10 nitrogen and oxygen atoms in total. The fourth-order valence-corrected chi connectivity index (χ4v) is 4.34. The summed E-state index contributed by atoms with van der Waals surface area (Å²) >= 11 is 0. The Kier molecular flexibility index (Phi) is 17.0. The topological polar surface area (TPSA) is 103 Å². The smallest absolute Gasteiger partial charge is 0.407 e. The minimum Gasteiger partial charge on any atom is -0.449 e. The van der Waals surface area contributed by atoms with Gasteiger partial charge in [-0.25, -0.2) is 4.79 Å². The van der Waals surface area contributed by atoms with Crippen LogP contribution in [0.25, 0.3) is 11.1 Å². The number of nitrogens with one attached hydrogen (secondary N) is 1. The van der Waals surface area contributed by atoms with Crippen LogP contribution in [0.2, 0.25) is 0 Å². The van der Waals surface area contributed by atoms with Gasteiger partial charge in [-0.2, -0.15) is 0 Å². The SMILES string of the molecule is CCOCCOCCOCCOCCOCCOCCOCCNC(=O)OCC1c2ccccc2-c2ccccc21. The van der Waals surface area contributed by atoms with Crippen LogP contribution in [-0.4, -0.2) is 112 Å². The third-order valence-corrected chi connectivity index (χ3v) is 6.30. The zero-order valence-electron chi connectivity index (χ0n) is 24.2. The summed E-state index contributed by atoms with van der Waals surface area (Å²) in [6, 6.07) is 16.5. The summed E-state index contributed by atoms with van der Waals surface area (Å²) in [6.07, 6.45) is -0.445. The van der Waals surface area contributed by atoms with Crippen LogP contribution in [0.5, 0.6) is 0 Å². The predicted octanol–water partition coefficient (Wildman–Crippen LogP) is 3.66. The summed E-state index contributed by atoms with van der Waals surface area (Å²) in [5.41, 5.74) is 4.79. The largest absolute Gasteiger partial charge is 0.449 e. The molecule has 0 saturated carbocycles. The number of rotatable bonds is 24. The Bertz CT molecular complexity index is 929. The van der Waals surface area contributed by atoms with E-state index < -0.39 is 6.09 Å². The average molecular weight is 576 g/mol. The van der Waals surface area contributed by atoms with E-state index in [2.05, 4.69) is 29.6 Å². The molecule has 0 bridgehead atoms. The minimum absolute atomic E-state index is 0.0462. The maximum Gasteiger partial charge on any atom is 0.407 e. The number of hydrogen-bond acceptors (Lipinski definition) is 9. The average Bonchev–Trinajstić information content (AvgIpc) is 3.32. The highest BCUT2D eigenvalue weighted by atomic mass is 16.6. The molecule has 0 aromatic heterocycles. The van der Waals surface area contributed by atoms with Gasteiger partial charge in [0.2, 0.25) is 0 Å². The molecule has 228 valence electrons. The molecule has 0 fully saturated rings. The van der Waals surface area contributed by atoms with Gasteiger partial charge >= 0.3 is 6.09 Å². The van der Waals surface area contributed by atoms with Crippen LogP contribution in [0, 0.1) is 0 Å². The molecule has 1 N–H and O–H groups in total. The Labute approximate surface area is 243 Å². The highest BCUT2D eigenvalue weighted by molar-refractivity contribution is 5.79. The second-order valence-corrected chi connectivity index (χ2v) is 9.12. The second kappa shape index (κ2) is 21.2. The lowest BCUT2D eigenvalue weighted by Crippen LogP contribution is -2.29. The molecule has 3 rings (SSSR count). The summed E-state index contributed by atoms with van der Waals surface area (Å²) in [4.78, 5) is 12.2. The summed E-state index contributed by atoms with van der Waals surface area (Å²) in [5, 5.41) is 2.74. The van der Waals surface area contributed by atoms with E-state index in [0.717, 1.165) is 0 Å². The number of carbonyl (C=O) groups excluding carboxylic acids is 1. The first-order valence-corrected chi connectivity index (χ1v) is 14.4. The molecule has 0 aliphatic heterocycles. The van der Waals surface area contributed by atoms with Gasteiger partial charge < -0.3 is 43.2 Å². The van der Waals surface area contributed by atoms with Crippen LogP contribution in [-0.2, 0) is 37.9 Å². The Morgan fingerprint density at radius 1 is 0.585 bits per heavy atom. The lowest BCUT2D eigenvalue weighted by molar-refractivity contribution is -0.0200. The standard InChI is InChI=1S/C31H45NO9/c1-2-34-13-14-36-17-18-38-21-22-40-24-23-39-20-19-37-16-15-35-12-11-32-31(33)41-25-30-28-9-5-3-7-26(28)27-8-4-6-10-29(27)30/h3-10,30H,2,11-25H2,1H3,(H,32,33). The Morgan fingerprint density at radius 2 is 0.976 bits per heavy atom. The molecular weight excluding hydrogens is 530 g/mol. The van der Waals surface area contributed by atoms with Gasteiger partial charge in [0, 0.05) is 19.1 Å². The van der Waals surface area contributed by atoms with Crippen LogP contribution in [0.4, 0.5) is 4.79 Å². The normalized spacial score (nSPS) is 12.3. The zero-order valence-corrected chi connectivity index (χ0v) is 24.2. The summed E-state index contributed by atoms with van der Waals surface area (Å²) in [7, 11) is 0. The Morgan fingerprint density at radius 3 is 1.41 bits per heavy atom. The van der Waals surface area contributed by atoms with Crippen molar-refractivity contribution in [1.29, 1.82) is 0 Å². The Balaban J connectivity index is 1.06. The van der Waals surface area contributed by atoms with Gasteiger partial charge in [-0.3, -0.25) is 0 Å². The van der Waals surface area contributed by atoms with E-state index in [-0.39, 0.29) is 5.92 Å². The molecule has 0 atom stereocenters. The fourth-order valence-electron chi connectivity index (χ4n) is 4.34. The number of alkyl carbamates (subject to hydrolysis) is 1. The summed E-state index contributed by atoms with van der Waals surface area (Å²) in [6.45, 7) is 9.93. The van der Waals surface area contributed by atoms with Gasteiger partial charge in [0.05, 0.1) is 85.9 Å². The molecule has 10 heteroatoms. The first kappa shape index (κ1) is 32.9. The lowest BCUT2D eigenvalue weighted by atomic mass is 9.98. The number of amides is 1. The van der Waals surface area contributed by atoms with E-state index in [0.29, 0.717) is 106 Å². The van der Waals surface area contributed by atoms with Crippen molar-refractivity contribution in [2.75, 3.05) is 106 Å². The third-order valence-electron chi connectivity index (χ3n) is 6.30. The summed E-state index contributed by atoms with van der Waals surface area (Å²) < 4.78 is 43.4. The third kappa shape index (κ3) is 12.9. The number of benzene rings is 2. The number of carbonyl (C=O) groups is 1. The molecule has 0 heterocycles. The first-order valence-electron chi connectivity index (χ1n) is 14.4. The van der Waals surface area contributed by atoms with Crippen LogP contribution in [0.15, 0.2) is 48.5 Å². The van der Waals surface area contributed by atoms with Crippen LogP contribution >= 0.6 is 0 Å². The summed E-state index contributed by atoms with van der Waals surface area (Å²) in [5.74, 6) is 0.0462. The maximum atomic E-state index is 12.2. The highest BCUT2D eigenvalue weighted by Crippen LogP contribution is 2.44. The molecule has 1 aliphatic rings. The van der Waals surface area contributed by atoms with Gasteiger partial charge in [-0.15, -0.1) is 0 Å². The van der Waals surface area contributed by atoms with Crippen LogP contribution < -0.4 is 5.32 Å². The molecule has 0 saturated heterocycles. The molecule has 2 aromatic carbocycles. The van der Waals surface area contributed by atoms with E-state index in [9.17, 15) is 4.79 Å². The van der Waals surface area contributed by atoms with Crippen molar-refractivity contribution in [1.82, 2.24) is 5.32 Å². The van der Waals surface area contributed by atoms with Crippen molar-refractivity contribution >= 4 is 6.09 Å². The van der Waals surface area contributed by atoms with Crippen molar-refractivity contribution in [3.63, 3.8) is 0 Å². The van der Waals surface area contributed by atoms with E-state index in [4.69, 9.17) is 37.9 Å². The van der Waals surface area contributed by atoms with E-state index in [1.54, 1.807) is 0 Å². The fraction of sp³-hybridized carbons (Fsp3) is 0.581. The second-order valence-electron chi connectivity index (χ2n) is 9.12. The van der Waals surface area contributed by atoms with Crippen molar-refractivity contribution < 1.29 is 42.7 Å². The number of fused-ring (bicyclic) bond motifs is 3.